The van der Waals surface area contributed by atoms with Gasteiger partial charge < -0.3 is 14.3 Å². The SMILES string of the molecule is Cc1nn(C)c2nc(N(CC3CC3)CC3CC3)c(CN(Cc3cc(C(F)(F)F)cc(C(F)(F)F)c3)c3ncc(-c4ccon4)cn3)cc12. The van der Waals surface area contributed by atoms with Crippen LogP contribution >= 0.6 is 0 Å². The van der Waals surface area contributed by atoms with Gasteiger partial charge in [0.15, 0.2) is 5.65 Å². The lowest BCUT2D eigenvalue weighted by Gasteiger charge is -2.29. The van der Waals surface area contributed by atoms with Crippen molar-refractivity contribution in [1.29, 1.82) is 0 Å². The van der Waals surface area contributed by atoms with Gasteiger partial charge in [-0.1, -0.05) is 5.16 Å². The summed E-state index contributed by atoms with van der Waals surface area (Å²) in [6, 6.07) is 5.20. The predicted molar refractivity (Wildman–Crippen MR) is 165 cm³/mol. The number of hydrogen-bond donors (Lipinski definition) is 0. The Labute approximate surface area is 271 Å². The second kappa shape index (κ2) is 12.1. The monoisotopic (exact) mass is 670 g/mol. The first-order chi connectivity index (χ1) is 22.8. The van der Waals surface area contributed by atoms with Crippen molar-refractivity contribution in [2.75, 3.05) is 22.9 Å². The summed E-state index contributed by atoms with van der Waals surface area (Å²) in [4.78, 5) is 17.9. The van der Waals surface area contributed by atoms with Crippen molar-refractivity contribution < 1.29 is 30.9 Å². The van der Waals surface area contributed by atoms with Crippen LogP contribution in [-0.4, -0.2) is 43.0 Å². The minimum Gasteiger partial charge on any atom is -0.364 e. The molecule has 9 nitrogen and oxygen atoms in total. The summed E-state index contributed by atoms with van der Waals surface area (Å²) in [5, 5.41) is 9.24. The Morgan fingerprint density at radius 1 is 0.854 bits per heavy atom. The van der Waals surface area contributed by atoms with Crippen LogP contribution in [0.3, 0.4) is 0 Å². The third kappa shape index (κ3) is 6.95. The van der Waals surface area contributed by atoms with Gasteiger partial charge in [-0.25, -0.2) is 15.0 Å². The fourth-order valence-corrected chi connectivity index (χ4v) is 5.95. The standard InChI is InChI=1S/C33H32F6N8O/c1-19-27-11-23(29(42-30(27)45(2)43-19)46(15-20-3-4-20)16-21-5-6-21)18-47(31-40-13-24(14-41-31)28-7-8-48-44-28)17-22-9-25(32(34,35)36)12-26(10-22)33(37,38)39/h7-14,20-21H,3-6,15-18H2,1-2H3. The second-order valence-electron chi connectivity index (χ2n) is 12.8. The molecule has 0 saturated heterocycles. The number of hydrogen-bond acceptors (Lipinski definition) is 8. The van der Waals surface area contributed by atoms with Gasteiger partial charge in [-0.15, -0.1) is 0 Å². The van der Waals surface area contributed by atoms with Crippen molar-refractivity contribution >= 4 is 22.8 Å². The normalized spacial score (nSPS) is 15.3. The molecular weight excluding hydrogens is 638 g/mol. The average Bonchev–Trinajstić information content (AvgIpc) is 3.96. The molecule has 2 fully saturated rings. The fraction of sp³-hybridized carbons (Fsp3) is 0.424. The Kier molecular flexibility index (Phi) is 8.03. The third-order valence-corrected chi connectivity index (χ3v) is 8.74. The number of aryl methyl sites for hydroxylation is 2. The van der Waals surface area contributed by atoms with E-state index < -0.39 is 23.5 Å². The van der Waals surface area contributed by atoms with E-state index >= 15 is 0 Å². The van der Waals surface area contributed by atoms with E-state index in [-0.39, 0.29) is 30.7 Å². The highest BCUT2D eigenvalue weighted by atomic mass is 19.4. The molecule has 5 aromatic rings. The number of nitrogens with zero attached hydrogens (tertiary/aromatic N) is 8. The quantitative estimate of drug-likeness (QED) is 0.133. The van der Waals surface area contributed by atoms with E-state index in [1.807, 2.05) is 20.0 Å². The maximum Gasteiger partial charge on any atom is 0.416 e. The maximum absolute atomic E-state index is 13.8. The smallest absolute Gasteiger partial charge is 0.364 e. The van der Waals surface area contributed by atoms with Gasteiger partial charge in [0.1, 0.15) is 17.8 Å². The van der Waals surface area contributed by atoms with Gasteiger partial charge in [0.25, 0.3) is 0 Å². The Balaban J connectivity index is 1.33. The van der Waals surface area contributed by atoms with E-state index in [4.69, 9.17) is 9.51 Å². The Bertz CT molecular complexity index is 1870. The molecule has 252 valence electrons. The lowest BCUT2D eigenvalue weighted by molar-refractivity contribution is -0.143. The number of benzene rings is 1. The molecular formula is C33H32F6N8O. The Morgan fingerprint density at radius 2 is 1.48 bits per heavy atom. The first-order valence-electron chi connectivity index (χ1n) is 15.7. The van der Waals surface area contributed by atoms with Crippen molar-refractivity contribution in [1.82, 2.24) is 29.9 Å². The van der Waals surface area contributed by atoms with Gasteiger partial charge in [-0.3, -0.25) is 4.68 Å². The summed E-state index contributed by atoms with van der Waals surface area (Å²) < 4.78 is 89.6. The van der Waals surface area contributed by atoms with Crippen LogP contribution in [-0.2, 0) is 32.5 Å². The van der Waals surface area contributed by atoms with E-state index in [0.29, 0.717) is 34.6 Å². The number of fused-ring (bicyclic) bond motifs is 1. The van der Waals surface area contributed by atoms with Crippen molar-refractivity contribution in [3.05, 3.63) is 76.9 Å². The molecule has 0 amide bonds. The highest BCUT2D eigenvalue weighted by Crippen LogP contribution is 2.39. The minimum absolute atomic E-state index is 0.0549. The Morgan fingerprint density at radius 3 is 2.02 bits per heavy atom. The lowest BCUT2D eigenvalue weighted by atomic mass is 10.0. The molecule has 0 bridgehead atoms. The summed E-state index contributed by atoms with van der Waals surface area (Å²) in [5.41, 5.74) is 0.218. The van der Waals surface area contributed by atoms with Crippen LogP contribution in [0.1, 0.15) is 53.6 Å². The Hall–Kier alpha value is -4.69. The maximum atomic E-state index is 13.8. The van der Waals surface area contributed by atoms with E-state index in [0.717, 1.165) is 67.5 Å². The summed E-state index contributed by atoms with van der Waals surface area (Å²) >= 11 is 0. The van der Waals surface area contributed by atoms with Gasteiger partial charge in [0.05, 0.1) is 16.8 Å². The zero-order chi connectivity index (χ0) is 33.8. The lowest BCUT2D eigenvalue weighted by Crippen LogP contribution is -2.32. The molecule has 2 aliphatic rings. The molecule has 48 heavy (non-hydrogen) atoms. The molecule has 0 aliphatic heterocycles. The molecule has 0 spiro atoms. The molecule has 1 aromatic carbocycles. The molecule has 0 unspecified atom stereocenters. The van der Waals surface area contributed by atoms with E-state index in [2.05, 4.69) is 25.1 Å². The molecule has 0 atom stereocenters. The van der Waals surface area contributed by atoms with Gasteiger partial charge in [0, 0.05) is 68.2 Å². The van der Waals surface area contributed by atoms with Gasteiger partial charge in [-0.05, 0) is 74.3 Å². The largest absolute Gasteiger partial charge is 0.416 e. The number of anilines is 2. The first-order valence-corrected chi connectivity index (χ1v) is 15.7. The summed E-state index contributed by atoms with van der Waals surface area (Å²) in [5.74, 6) is 1.90. The summed E-state index contributed by atoms with van der Waals surface area (Å²) in [7, 11) is 1.82. The van der Waals surface area contributed by atoms with Crippen LogP contribution in [0.4, 0.5) is 38.1 Å². The van der Waals surface area contributed by atoms with E-state index in [1.165, 1.54) is 18.7 Å². The zero-order valence-electron chi connectivity index (χ0n) is 26.2. The van der Waals surface area contributed by atoms with Gasteiger partial charge in [-0.2, -0.15) is 31.4 Å². The highest BCUT2D eigenvalue weighted by Gasteiger charge is 2.37. The highest BCUT2D eigenvalue weighted by molar-refractivity contribution is 5.82. The van der Waals surface area contributed by atoms with Crippen molar-refractivity contribution in [3.8, 4) is 11.3 Å². The van der Waals surface area contributed by atoms with Crippen LogP contribution in [0.2, 0.25) is 0 Å². The minimum atomic E-state index is -4.98. The molecule has 2 saturated carbocycles. The molecule has 15 heteroatoms. The summed E-state index contributed by atoms with van der Waals surface area (Å²) in [6.45, 7) is 3.20. The number of alkyl halides is 6. The van der Waals surface area contributed by atoms with Crippen LogP contribution in [0, 0.1) is 18.8 Å². The van der Waals surface area contributed by atoms with Crippen molar-refractivity contribution in [2.24, 2.45) is 18.9 Å². The van der Waals surface area contributed by atoms with Crippen molar-refractivity contribution in [2.45, 2.75) is 58.0 Å². The van der Waals surface area contributed by atoms with Crippen molar-refractivity contribution in [3.63, 3.8) is 0 Å². The number of halogens is 6. The predicted octanol–water partition coefficient (Wildman–Crippen LogP) is 7.59. The van der Waals surface area contributed by atoms with E-state index in [9.17, 15) is 26.3 Å². The van der Waals surface area contributed by atoms with Crippen LogP contribution in [0.15, 0.2) is 53.5 Å². The van der Waals surface area contributed by atoms with Gasteiger partial charge >= 0.3 is 12.4 Å². The molecule has 0 N–H and O–H groups in total. The number of rotatable bonds is 11. The van der Waals surface area contributed by atoms with Crippen LogP contribution in [0.5, 0.6) is 0 Å². The second-order valence-corrected chi connectivity index (χ2v) is 12.8. The molecule has 7 rings (SSSR count). The zero-order valence-corrected chi connectivity index (χ0v) is 26.2. The summed E-state index contributed by atoms with van der Waals surface area (Å²) in [6.07, 6.45) is -1.11. The molecule has 4 aromatic heterocycles. The fourth-order valence-electron chi connectivity index (χ4n) is 5.95. The van der Waals surface area contributed by atoms with Gasteiger partial charge in [0.2, 0.25) is 5.95 Å². The first kappa shape index (κ1) is 31.9. The topological polar surface area (TPSA) is 89.0 Å². The average molecular weight is 671 g/mol. The van der Waals surface area contributed by atoms with Crippen LogP contribution < -0.4 is 9.80 Å². The molecule has 4 heterocycles. The molecule has 2 aliphatic carbocycles. The third-order valence-electron chi connectivity index (χ3n) is 8.74. The molecule has 0 radical (unpaired) electrons. The van der Waals surface area contributed by atoms with Crippen LogP contribution in [0.25, 0.3) is 22.3 Å². The number of aromatic nitrogens is 6. The number of pyridine rings is 1. The van der Waals surface area contributed by atoms with E-state index in [1.54, 1.807) is 15.6 Å².